The van der Waals surface area contributed by atoms with E-state index in [1.807, 2.05) is 13.0 Å². The highest BCUT2D eigenvalue weighted by Crippen LogP contribution is 2.06. The average molecular weight is 177 g/mol. The lowest BCUT2D eigenvalue weighted by molar-refractivity contribution is 0.281. The number of nitrogens with one attached hydrogen (secondary N) is 1. The van der Waals surface area contributed by atoms with Crippen molar-refractivity contribution in [2.45, 2.75) is 13.0 Å². The number of aliphatic hydroxyl groups is 1. The highest BCUT2D eigenvalue weighted by Gasteiger charge is 1.99. The first-order chi connectivity index (χ1) is 6.26. The summed E-state index contributed by atoms with van der Waals surface area (Å²) in [5.41, 5.74) is 1.20. The Morgan fingerprint density at radius 1 is 1.69 bits per heavy atom. The van der Waals surface area contributed by atoms with Crippen LogP contribution in [-0.4, -0.2) is 22.7 Å². The fourth-order valence-electron chi connectivity index (χ4n) is 0.876. The van der Waals surface area contributed by atoms with Gasteiger partial charge >= 0.3 is 0 Å². The van der Waals surface area contributed by atoms with Gasteiger partial charge in [0.25, 0.3) is 0 Å². The van der Waals surface area contributed by atoms with Crippen molar-refractivity contribution in [3.05, 3.63) is 24.0 Å². The van der Waals surface area contributed by atoms with Crippen molar-refractivity contribution >= 4 is 5.69 Å². The molecule has 0 aliphatic carbocycles. The van der Waals surface area contributed by atoms with Gasteiger partial charge in [0.1, 0.15) is 11.8 Å². The molecule has 0 spiro atoms. The summed E-state index contributed by atoms with van der Waals surface area (Å²) >= 11 is 0. The molecule has 13 heavy (non-hydrogen) atoms. The molecule has 0 radical (unpaired) electrons. The Labute approximate surface area is 76.8 Å². The number of aromatic nitrogens is 1. The van der Waals surface area contributed by atoms with Crippen molar-refractivity contribution in [2.75, 3.05) is 11.9 Å². The number of hydrogen-bond donors (Lipinski definition) is 2. The van der Waals surface area contributed by atoms with Gasteiger partial charge in [-0.1, -0.05) is 0 Å². The highest BCUT2D eigenvalue weighted by molar-refractivity contribution is 5.43. The van der Waals surface area contributed by atoms with E-state index in [0.29, 0.717) is 5.69 Å². The molecule has 0 fully saturated rings. The lowest BCUT2D eigenvalue weighted by Crippen LogP contribution is -2.19. The van der Waals surface area contributed by atoms with Crippen LogP contribution >= 0.6 is 0 Å². The summed E-state index contributed by atoms with van der Waals surface area (Å²) in [6.45, 7) is 1.93. The first-order valence-corrected chi connectivity index (χ1v) is 4.00. The van der Waals surface area contributed by atoms with E-state index in [0.717, 1.165) is 5.69 Å². The minimum absolute atomic E-state index is 0.00487. The van der Waals surface area contributed by atoms with Crippen molar-refractivity contribution in [1.29, 1.82) is 5.26 Å². The summed E-state index contributed by atoms with van der Waals surface area (Å²) in [4.78, 5) is 3.88. The predicted octanol–water partition coefficient (Wildman–Crippen LogP) is 0.746. The molecule has 1 rings (SSSR count). The maximum Gasteiger partial charge on any atom is 0.140 e. The van der Waals surface area contributed by atoms with Crippen LogP contribution in [0.15, 0.2) is 18.3 Å². The van der Waals surface area contributed by atoms with Crippen LogP contribution in [0.3, 0.4) is 0 Å². The summed E-state index contributed by atoms with van der Waals surface area (Å²) < 4.78 is 0. The van der Waals surface area contributed by atoms with Gasteiger partial charge in [-0.3, -0.25) is 0 Å². The minimum Gasteiger partial charge on any atom is -0.394 e. The molecular weight excluding hydrogens is 166 g/mol. The van der Waals surface area contributed by atoms with E-state index in [1.165, 1.54) is 0 Å². The summed E-state index contributed by atoms with van der Waals surface area (Å²) in [6, 6.07) is 5.32. The zero-order valence-corrected chi connectivity index (χ0v) is 7.36. The Morgan fingerprint density at radius 3 is 2.92 bits per heavy atom. The quantitative estimate of drug-likeness (QED) is 0.714. The molecule has 0 bridgehead atoms. The molecule has 1 atom stereocenters. The normalized spacial score (nSPS) is 11.8. The molecule has 4 heteroatoms. The zero-order valence-electron chi connectivity index (χ0n) is 7.36. The van der Waals surface area contributed by atoms with E-state index < -0.39 is 0 Å². The third-order valence-corrected chi connectivity index (χ3v) is 1.56. The topological polar surface area (TPSA) is 68.9 Å². The Balaban J connectivity index is 2.65. The van der Waals surface area contributed by atoms with E-state index in [2.05, 4.69) is 10.3 Å². The third-order valence-electron chi connectivity index (χ3n) is 1.56. The van der Waals surface area contributed by atoms with Crippen LogP contribution < -0.4 is 5.32 Å². The van der Waals surface area contributed by atoms with Crippen molar-refractivity contribution in [3.63, 3.8) is 0 Å². The fraction of sp³-hybridized carbons (Fsp3) is 0.333. The first-order valence-electron chi connectivity index (χ1n) is 4.00. The summed E-state index contributed by atoms with van der Waals surface area (Å²) in [6.07, 6.45) is 1.57. The first kappa shape index (κ1) is 9.49. The van der Waals surface area contributed by atoms with E-state index in [9.17, 15) is 0 Å². The predicted molar refractivity (Wildman–Crippen MR) is 49.1 cm³/mol. The lowest BCUT2D eigenvalue weighted by atomic mass is 10.3. The molecule has 1 unspecified atom stereocenters. The van der Waals surface area contributed by atoms with E-state index >= 15 is 0 Å². The maximum atomic E-state index is 8.76. The second kappa shape index (κ2) is 4.43. The third kappa shape index (κ3) is 2.73. The number of nitriles is 1. The molecule has 1 aromatic rings. The number of hydrogen-bond acceptors (Lipinski definition) is 4. The van der Waals surface area contributed by atoms with Crippen molar-refractivity contribution in [3.8, 4) is 6.07 Å². The van der Waals surface area contributed by atoms with Crippen molar-refractivity contribution < 1.29 is 5.11 Å². The number of anilines is 1. The Hall–Kier alpha value is -1.60. The van der Waals surface area contributed by atoms with Gasteiger partial charge in [0.15, 0.2) is 0 Å². The van der Waals surface area contributed by atoms with E-state index in [4.69, 9.17) is 10.4 Å². The molecule has 2 N–H and O–H groups in total. The van der Waals surface area contributed by atoms with Crippen molar-refractivity contribution in [2.24, 2.45) is 0 Å². The largest absolute Gasteiger partial charge is 0.394 e. The van der Waals surface area contributed by atoms with Crippen LogP contribution in [0.1, 0.15) is 12.6 Å². The molecule has 0 amide bonds. The van der Waals surface area contributed by atoms with Crippen molar-refractivity contribution in [1.82, 2.24) is 4.98 Å². The van der Waals surface area contributed by atoms with Crippen LogP contribution in [0, 0.1) is 11.3 Å². The Morgan fingerprint density at radius 2 is 2.46 bits per heavy atom. The molecule has 0 aliphatic heterocycles. The van der Waals surface area contributed by atoms with Crippen LogP contribution in [0.2, 0.25) is 0 Å². The Kier molecular flexibility index (Phi) is 3.23. The molecule has 68 valence electrons. The molecule has 4 nitrogen and oxygen atoms in total. The van der Waals surface area contributed by atoms with Gasteiger partial charge in [-0.25, -0.2) is 4.98 Å². The smallest absolute Gasteiger partial charge is 0.140 e. The Bertz CT molecular complexity index is 302. The molecule has 0 saturated heterocycles. The molecule has 1 aromatic heterocycles. The molecule has 0 aliphatic rings. The average Bonchev–Trinajstić information content (AvgIpc) is 2.19. The SMILES string of the molecule is CC(CO)Nc1ccc(C#N)nc1. The molecule has 0 saturated carbocycles. The number of aliphatic hydroxyl groups excluding tert-OH is 1. The maximum absolute atomic E-state index is 8.76. The second-order valence-corrected chi connectivity index (χ2v) is 2.77. The molecule has 0 aromatic carbocycles. The van der Waals surface area contributed by atoms with Gasteiger partial charge in [-0.15, -0.1) is 0 Å². The van der Waals surface area contributed by atoms with Gasteiger partial charge < -0.3 is 10.4 Å². The number of rotatable bonds is 3. The van der Waals surface area contributed by atoms with Crippen LogP contribution in [0.5, 0.6) is 0 Å². The van der Waals surface area contributed by atoms with Crippen LogP contribution in [-0.2, 0) is 0 Å². The number of nitrogens with zero attached hydrogens (tertiary/aromatic N) is 2. The lowest BCUT2D eigenvalue weighted by Gasteiger charge is -2.11. The fourth-order valence-corrected chi connectivity index (χ4v) is 0.876. The van der Waals surface area contributed by atoms with Gasteiger partial charge in [-0.2, -0.15) is 5.26 Å². The minimum atomic E-state index is -0.00487. The summed E-state index contributed by atoms with van der Waals surface area (Å²) in [5, 5.41) is 20.3. The van der Waals surface area contributed by atoms with Gasteiger partial charge in [0.05, 0.1) is 18.5 Å². The number of pyridine rings is 1. The van der Waals surface area contributed by atoms with Crippen LogP contribution in [0.25, 0.3) is 0 Å². The van der Waals surface area contributed by atoms with Crippen LogP contribution in [0.4, 0.5) is 5.69 Å². The standard InChI is InChI=1S/C9H11N3O/c1-7(6-13)12-9-3-2-8(4-10)11-5-9/h2-3,5,7,12-13H,6H2,1H3. The van der Waals surface area contributed by atoms with Gasteiger partial charge in [0.2, 0.25) is 0 Å². The second-order valence-electron chi connectivity index (χ2n) is 2.77. The van der Waals surface area contributed by atoms with Gasteiger partial charge in [0, 0.05) is 6.04 Å². The van der Waals surface area contributed by atoms with Gasteiger partial charge in [-0.05, 0) is 19.1 Å². The monoisotopic (exact) mass is 177 g/mol. The summed E-state index contributed by atoms with van der Waals surface area (Å²) in [5.74, 6) is 0. The summed E-state index contributed by atoms with van der Waals surface area (Å²) in [7, 11) is 0. The highest BCUT2D eigenvalue weighted by atomic mass is 16.3. The zero-order chi connectivity index (χ0) is 9.68. The van der Waals surface area contributed by atoms with E-state index in [1.54, 1.807) is 18.3 Å². The van der Waals surface area contributed by atoms with E-state index in [-0.39, 0.29) is 12.6 Å². The molecule has 1 heterocycles. The molecular formula is C9H11N3O.